The van der Waals surface area contributed by atoms with E-state index in [9.17, 15) is 9.59 Å². The first-order valence-corrected chi connectivity index (χ1v) is 8.36. The van der Waals surface area contributed by atoms with Crippen molar-refractivity contribution in [2.75, 3.05) is 6.54 Å². The van der Waals surface area contributed by atoms with Gasteiger partial charge in [0.05, 0.1) is 6.04 Å². The number of hydrogen-bond donors (Lipinski definition) is 2. The summed E-state index contributed by atoms with van der Waals surface area (Å²) < 4.78 is 0. The summed E-state index contributed by atoms with van der Waals surface area (Å²) in [7, 11) is 0. The highest BCUT2D eigenvalue weighted by Gasteiger charge is 2.47. The van der Waals surface area contributed by atoms with Gasteiger partial charge in [-0.25, -0.2) is 0 Å². The molecule has 0 spiro atoms. The molecule has 4 rings (SSSR count). The second-order valence-electron chi connectivity index (χ2n) is 6.52. The van der Waals surface area contributed by atoms with Crippen LogP contribution in [-0.4, -0.2) is 39.3 Å². The van der Waals surface area contributed by atoms with Gasteiger partial charge in [-0.3, -0.25) is 14.6 Å². The van der Waals surface area contributed by atoms with Crippen molar-refractivity contribution in [2.24, 2.45) is 5.92 Å². The van der Waals surface area contributed by atoms with Crippen molar-refractivity contribution in [3.63, 3.8) is 0 Å². The van der Waals surface area contributed by atoms with Gasteiger partial charge in [-0.15, -0.1) is 0 Å². The van der Waals surface area contributed by atoms with Crippen LogP contribution in [0, 0.1) is 5.92 Å². The number of amides is 2. The smallest absolute Gasteiger partial charge is 0.267 e. The van der Waals surface area contributed by atoms with Gasteiger partial charge >= 0.3 is 0 Å². The van der Waals surface area contributed by atoms with Crippen LogP contribution in [0.15, 0.2) is 42.9 Å². The lowest BCUT2D eigenvalue weighted by molar-refractivity contribution is -0.129. The highest BCUT2D eigenvalue weighted by atomic mass is 16.2. The zero-order valence-electron chi connectivity index (χ0n) is 13.3. The zero-order valence-corrected chi connectivity index (χ0v) is 13.3. The molecule has 0 unspecified atom stereocenters. The molecule has 2 aromatic heterocycles. The molecule has 124 valence electrons. The van der Waals surface area contributed by atoms with E-state index >= 15 is 0 Å². The lowest BCUT2D eigenvalue weighted by Gasteiger charge is -2.28. The lowest BCUT2D eigenvalue weighted by atomic mass is 9.94. The Morgan fingerprint density at radius 1 is 1.33 bits per heavy atom. The number of pyridine rings is 1. The first kappa shape index (κ1) is 14.9. The molecule has 1 saturated heterocycles. The molecule has 2 aromatic rings. The maximum Gasteiger partial charge on any atom is 0.267 e. The average molecular weight is 324 g/mol. The quantitative estimate of drug-likeness (QED) is 0.881. The predicted molar refractivity (Wildman–Crippen MR) is 88.1 cm³/mol. The minimum atomic E-state index is -0.137. The molecule has 0 aromatic carbocycles. The highest BCUT2D eigenvalue weighted by molar-refractivity contribution is 5.92. The second-order valence-corrected chi connectivity index (χ2v) is 6.52. The molecule has 2 N–H and O–H groups in total. The average Bonchev–Trinajstić information content (AvgIpc) is 3.17. The van der Waals surface area contributed by atoms with E-state index in [-0.39, 0.29) is 23.8 Å². The van der Waals surface area contributed by atoms with Crippen molar-refractivity contribution < 1.29 is 9.59 Å². The van der Waals surface area contributed by atoms with Crippen LogP contribution >= 0.6 is 0 Å². The molecule has 24 heavy (non-hydrogen) atoms. The number of aromatic amines is 1. The van der Waals surface area contributed by atoms with Crippen molar-refractivity contribution in [2.45, 2.75) is 31.3 Å². The summed E-state index contributed by atoms with van der Waals surface area (Å²) in [5, 5.41) is 2.96. The van der Waals surface area contributed by atoms with Crippen molar-refractivity contribution in [3.05, 3.63) is 54.1 Å². The maximum absolute atomic E-state index is 12.5. The third-order valence-corrected chi connectivity index (χ3v) is 4.80. The van der Waals surface area contributed by atoms with Crippen LogP contribution in [0.1, 0.15) is 41.4 Å². The van der Waals surface area contributed by atoms with E-state index in [2.05, 4.69) is 15.3 Å². The topological polar surface area (TPSA) is 78.1 Å². The Labute approximate surface area is 140 Å². The summed E-state index contributed by atoms with van der Waals surface area (Å²) in [5.41, 5.74) is 1.59. The van der Waals surface area contributed by atoms with Crippen LogP contribution in [0.4, 0.5) is 0 Å². The molecule has 1 saturated carbocycles. The summed E-state index contributed by atoms with van der Waals surface area (Å²) in [4.78, 5) is 33.8. The minimum Gasteiger partial charge on any atom is -0.357 e. The van der Waals surface area contributed by atoms with Crippen LogP contribution in [0.5, 0.6) is 0 Å². The summed E-state index contributed by atoms with van der Waals surface area (Å²) in [5.74, 6) is 0.119. The van der Waals surface area contributed by atoms with Gasteiger partial charge in [-0.1, -0.05) is 6.07 Å². The van der Waals surface area contributed by atoms with Gasteiger partial charge in [0.2, 0.25) is 5.91 Å². The van der Waals surface area contributed by atoms with E-state index in [1.165, 1.54) is 0 Å². The van der Waals surface area contributed by atoms with Crippen molar-refractivity contribution in [1.82, 2.24) is 20.2 Å². The molecule has 2 atom stereocenters. The number of aromatic nitrogens is 2. The molecule has 0 radical (unpaired) electrons. The van der Waals surface area contributed by atoms with Crippen LogP contribution in [0.25, 0.3) is 0 Å². The Hall–Kier alpha value is -2.63. The number of rotatable bonds is 5. The number of carbonyl (C=O) groups excluding carboxylic acids is 2. The van der Waals surface area contributed by atoms with E-state index in [0.717, 1.165) is 18.4 Å². The maximum atomic E-state index is 12.5. The van der Waals surface area contributed by atoms with Gasteiger partial charge in [0.25, 0.3) is 5.91 Å². The monoisotopic (exact) mass is 324 g/mol. The SMILES string of the molecule is O=C(NC[C@@H]1CC(=O)N(C2CC2)[C@H]1c1cccnc1)c1ccc[nH]1. The number of nitrogens with one attached hydrogen (secondary N) is 2. The molecule has 2 amide bonds. The summed E-state index contributed by atoms with van der Waals surface area (Å²) in [6.07, 6.45) is 7.92. The number of likely N-dealkylation sites (tertiary alicyclic amines) is 1. The molecule has 3 heterocycles. The standard InChI is InChI=1S/C18H20N4O2/c23-16-9-13(11-21-18(24)15-4-2-8-20-15)17(22(16)14-5-6-14)12-3-1-7-19-10-12/h1-4,7-8,10,13-14,17,20H,5-6,9,11H2,(H,21,24)/t13-,17-/m0/s1. The third kappa shape index (κ3) is 2.79. The molecule has 2 aliphatic rings. The van der Waals surface area contributed by atoms with Crippen molar-refractivity contribution in [3.8, 4) is 0 Å². The van der Waals surface area contributed by atoms with Crippen molar-refractivity contribution in [1.29, 1.82) is 0 Å². The second kappa shape index (κ2) is 6.11. The fourth-order valence-electron chi connectivity index (χ4n) is 3.57. The first-order valence-electron chi connectivity index (χ1n) is 8.36. The normalized spacial score (nSPS) is 23.5. The molecule has 1 aliphatic carbocycles. The molecule has 2 fully saturated rings. The number of nitrogens with zero attached hydrogens (tertiary/aromatic N) is 2. The molecular weight excluding hydrogens is 304 g/mol. The van der Waals surface area contributed by atoms with Crippen LogP contribution in [-0.2, 0) is 4.79 Å². The molecule has 0 bridgehead atoms. The lowest BCUT2D eigenvalue weighted by Crippen LogP contribution is -2.35. The first-order chi connectivity index (χ1) is 11.7. The fourth-order valence-corrected chi connectivity index (χ4v) is 3.57. The van der Waals surface area contributed by atoms with E-state index in [4.69, 9.17) is 0 Å². The van der Waals surface area contributed by atoms with Crippen LogP contribution in [0.3, 0.4) is 0 Å². The van der Waals surface area contributed by atoms with E-state index in [1.54, 1.807) is 24.5 Å². The molecule has 6 nitrogen and oxygen atoms in total. The Balaban J connectivity index is 1.52. The van der Waals surface area contributed by atoms with Crippen molar-refractivity contribution >= 4 is 11.8 Å². The molecular formula is C18H20N4O2. The third-order valence-electron chi connectivity index (χ3n) is 4.80. The fraction of sp³-hybridized carbons (Fsp3) is 0.389. The van der Waals surface area contributed by atoms with Gasteiger partial charge < -0.3 is 15.2 Å². The minimum absolute atomic E-state index is 0.00245. The highest BCUT2D eigenvalue weighted by Crippen LogP contribution is 2.44. The van der Waals surface area contributed by atoms with Crippen LogP contribution < -0.4 is 5.32 Å². The summed E-state index contributed by atoms with van der Waals surface area (Å²) in [6.45, 7) is 0.479. The van der Waals surface area contributed by atoms with Gasteiger partial charge in [0.1, 0.15) is 5.69 Å². The van der Waals surface area contributed by atoms with Gasteiger partial charge in [0, 0.05) is 43.5 Å². The summed E-state index contributed by atoms with van der Waals surface area (Å²) in [6, 6.07) is 7.81. The largest absolute Gasteiger partial charge is 0.357 e. The number of carbonyl (C=O) groups is 2. The predicted octanol–water partition coefficient (Wildman–Crippen LogP) is 1.89. The van der Waals surface area contributed by atoms with Gasteiger partial charge in [-0.05, 0) is 36.6 Å². The van der Waals surface area contributed by atoms with E-state index < -0.39 is 0 Å². The summed E-state index contributed by atoms with van der Waals surface area (Å²) >= 11 is 0. The molecule has 1 aliphatic heterocycles. The van der Waals surface area contributed by atoms with Crippen LogP contribution in [0.2, 0.25) is 0 Å². The van der Waals surface area contributed by atoms with Gasteiger partial charge in [0.15, 0.2) is 0 Å². The molecule has 6 heteroatoms. The van der Waals surface area contributed by atoms with E-state index in [0.29, 0.717) is 24.7 Å². The Morgan fingerprint density at radius 2 is 2.21 bits per heavy atom. The Morgan fingerprint density at radius 3 is 2.88 bits per heavy atom. The van der Waals surface area contributed by atoms with E-state index in [1.807, 2.05) is 23.2 Å². The zero-order chi connectivity index (χ0) is 16.5. The Kier molecular flexibility index (Phi) is 3.80. The van der Waals surface area contributed by atoms with Gasteiger partial charge in [-0.2, -0.15) is 0 Å². The number of hydrogen-bond acceptors (Lipinski definition) is 3. The number of H-pyrrole nitrogens is 1. The Bertz CT molecular complexity index is 725.